The van der Waals surface area contributed by atoms with Gasteiger partial charge in [0.15, 0.2) is 0 Å². The van der Waals surface area contributed by atoms with Gasteiger partial charge in [-0.25, -0.2) is 4.39 Å². The van der Waals surface area contributed by atoms with Crippen LogP contribution >= 0.6 is 0 Å². The van der Waals surface area contributed by atoms with E-state index in [1.807, 2.05) is 24.3 Å². The summed E-state index contributed by atoms with van der Waals surface area (Å²) in [5, 5.41) is 3.08. The lowest BCUT2D eigenvalue weighted by Gasteiger charge is -2.31. The maximum absolute atomic E-state index is 14.4. The third kappa shape index (κ3) is 2.86. The van der Waals surface area contributed by atoms with E-state index in [2.05, 4.69) is 5.32 Å². The number of methoxy groups -OCH3 is 1. The van der Waals surface area contributed by atoms with Crippen molar-refractivity contribution in [3.05, 3.63) is 53.3 Å². The first-order valence-electron chi connectivity index (χ1n) is 7.56. The Morgan fingerprint density at radius 3 is 2.57 bits per heavy atom. The molecule has 5 heteroatoms. The number of fused-ring (bicyclic) bond motifs is 1. The summed E-state index contributed by atoms with van der Waals surface area (Å²) in [5.74, 6) is 0.337. The van der Waals surface area contributed by atoms with Crippen LogP contribution in [0.1, 0.15) is 17.5 Å². The first kappa shape index (κ1) is 15.3. The molecule has 0 saturated heterocycles. The first-order valence-corrected chi connectivity index (χ1v) is 7.56. The van der Waals surface area contributed by atoms with Crippen molar-refractivity contribution >= 4 is 17.3 Å². The van der Waals surface area contributed by atoms with Crippen molar-refractivity contribution in [3.8, 4) is 5.75 Å². The Bertz CT molecular complexity index is 729. The zero-order valence-corrected chi connectivity index (χ0v) is 13.2. The van der Waals surface area contributed by atoms with Gasteiger partial charge in [0.25, 0.3) is 0 Å². The third-order valence-electron chi connectivity index (χ3n) is 4.16. The van der Waals surface area contributed by atoms with E-state index in [1.54, 1.807) is 20.2 Å². The maximum Gasteiger partial charge on any atom is 0.227 e. The predicted octanol–water partition coefficient (Wildman–Crippen LogP) is 3.36. The molecule has 0 fully saturated rings. The minimum absolute atomic E-state index is 0.0551. The van der Waals surface area contributed by atoms with Crippen molar-refractivity contribution < 1.29 is 13.9 Å². The molecular formula is C18H19FN2O2. The molecule has 0 radical (unpaired) electrons. The highest BCUT2D eigenvalue weighted by atomic mass is 19.1. The zero-order valence-electron chi connectivity index (χ0n) is 13.2. The van der Waals surface area contributed by atoms with E-state index in [0.29, 0.717) is 25.1 Å². The van der Waals surface area contributed by atoms with Crippen LogP contribution in [0.15, 0.2) is 36.4 Å². The number of hydrogen-bond donors (Lipinski definition) is 1. The molecule has 1 amide bonds. The second-order valence-corrected chi connectivity index (χ2v) is 5.50. The topological polar surface area (TPSA) is 41.6 Å². The van der Waals surface area contributed by atoms with Crippen molar-refractivity contribution in [2.45, 2.75) is 19.4 Å². The largest absolute Gasteiger partial charge is 0.497 e. The van der Waals surface area contributed by atoms with Gasteiger partial charge >= 0.3 is 0 Å². The van der Waals surface area contributed by atoms with Gasteiger partial charge in [-0.05, 0) is 36.2 Å². The number of carbonyl (C=O) groups excluding carboxylic acids is 1. The molecule has 1 N–H and O–H groups in total. The van der Waals surface area contributed by atoms with Crippen LogP contribution in [-0.2, 0) is 17.8 Å². The molecule has 1 aliphatic rings. The standard InChI is InChI=1S/C18H19FN2O2/c1-20-16-9-8-15(19)18-14(16)7-10-17(22)21(18)11-12-3-5-13(23-2)6-4-12/h3-6,8-9,20H,7,10-11H2,1-2H3. The van der Waals surface area contributed by atoms with Crippen LogP contribution in [0.2, 0.25) is 0 Å². The normalized spacial score (nSPS) is 13.7. The molecule has 120 valence electrons. The van der Waals surface area contributed by atoms with Gasteiger partial charge in [-0.15, -0.1) is 0 Å². The monoisotopic (exact) mass is 314 g/mol. The van der Waals surface area contributed by atoms with Gasteiger partial charge in [0, 0.05) is 24.7 Å². The molecule has 1 aliphatic heterocycles. The molecule has 0 aliphatic carbocycles. The zero-order chi connectivity index (χ0) is 16.4. The number of ether oxygens (including phenoxy) is 1. The Morgan fingerprint density at radius 1 is 1.17 bits per heavy atom. The minimum Gasteiger partial charge on any atom is -0.497 e. The Balaban J connectivity index is 1.98. The Labute approximate surface area is 134 Å². The molecule has 0 unspecified atom stereocenters. The highest BCUT2D eigenvalue weighted by Gasteiger charge is 2.29. The summed E-state index contributed by atoms with van der Waals surface area (Å²) in [5.41, 5.74) is 3.06. The summed E-state index contributed by atoms with van der Waals surface area (Å²) in [6.45, 7) is 0.347. The summed E-state index contributed by atoms with van der Waals surface area (Å²) < 4.78 is 19.5. The lowest BCUT2D eigenvalue weighted by molar-refractivity contribution is -0.119. The van der Waals surface area contributed by atoms with E-state index in [9.17, 15) is 9.18 Å². The summed E-state index contributed by atoms with van der Waals surface area (Å²) in [6, 6.07) is 10.6. The third-order valence-corrected chi connectivity index (χ3v) is 4.16. The van der Waals surface area contributed by atoms with Gasteiger partial charge in [0.05, 0.1) is 19.3 Å². The lowest BCUT2D eigenvalue weighted by atomic mass is 9.98. The second kappa shape index (κ2) is 6.28. The van der Waals surface area contributed by atoms with Crippen LogP contribution in [0, 0.1) is 5.82 Å². The Kier molecular flexibility index (Phi) is 4.19. The molecule has 0 atom stereocenters. The smallest absolute Gasteiger partial charge is 0.227 e. The average molecular weight is 314 g/mol. The summed E-state index contributed by atoms with van der Waals surface area (Å²) >= 11 is 0. The van der Waals surface area contributed by atoms with E-state index in [0.717, 1.165) is 22.6 Å². The highest BCUT2D eigenvalue weighted by molar-refractivity contribution is 5.97. The quantitative estimate of drug-likeness (QED) is 0.941. The molecule has 23 heavy (non-hydrogen) atoms. The van der Waals surface area contributed by atoms with Crippen LogP contribution in [-0.4, -0.2) is 20.1 Å². The number of nitrogens with one attached hydrogen (secondary N) is 1. The minimum atomic E-state index is -0.361. The number of halogens is 1. The molecular weight excluding hydrogens is 295 g/mol. The van der Waals surface area contributed by atoms with Crippen molar-refractivity contribution in [1.29, 1.82) is 0 Å². The van der Waals surface area contributed by atoms with Gasteiger partial charge < -0.3 is 15.0 Å². The molecule has 4 nitrogen and oxygen atoms in total. The summed E-state index contributed by atoms with van der Waals surface area (Å²) in [6.07, 6.45) is 0.947. The molecule has 0 spiro atoms. The van der Waals surface area contributed by atoms with E-state index in [-0.39, 0.29) is 11.7 Å². The van der Waals surface area contributed by atoms with Crippen LogP contribution in [0.3, 0.4) is 0 Å². The van der Waals surface area contributed by atoms with Gasteiger partial charge in [-0.3, -0.25) is 4.79 Å². The van der Waals surface area contributed by atoms with Crippen molar-refractivity contribution in [2.75, 3.05) is 24.4 Å². The van der Waals surface area contributed by atoms with E-state index in [1.165, 1.54) is 11.0 Å². The molecule has 0 bridgehead atoms. The predicted molar refractivity (Wildman–Crippen MR) is 88.5 cm³/mol. The second-order valence-electron chi connectivity index (χ2n) is 5.50. The molecule has 0 saturated carbocycles. The first-order chi connectivity index (χ1) is 11.1. The fraction of sp³-hybridized carbons (Fsp3) is 0.278. The van der Waals surface area contributed by atoms with Crippen LogP contribution in [0.4, 0.5) is 15.8 Å². The van der Waals surface area contributed by atoms with Gasteiger partial charge in [-0.2, -0.15) is 0 Å². The Morgan fingerprint density at radius 2 is 1.91 bits per heavy atom. The fourth-order valence-corrected chi connectivity index (χ4v) is 2.96. The molecule has 1 heterocycles. The number of carbonyl (C=O) groups is 1. The maximum atomic E-state index is 14.4. The summed E-state index contributed by atoms with van der Waals surface area (Å²) in [7, 11) is 3.41. The molecule has 0 aromatic heterocycles. The van der Waals surface area contributed by atoms with E-state index >= 15 is 0 Å². The van der Waals surface area contributed by atoms with Crippen molar-refractivity contribution in [3.63, 3.8) is 0 Å². The summed E-state index contributed by atoms with van der Waals surface area (Å²) in [4.78, 5) is 13.9. The molecule has 3 rings (SSSR count). The van der Waals surface area contributed by atoms with Crippen molar-refractivity contribution in [2.24, 2.45) is 0 Å². The fourth-order valence-electron chi connectivity index (χ4n) is 2.96. The van der Waals surface area contributed by atoms with Gasteiger partial charge in [0.2, 0.25) is 5.91 Å². The number of anilines is 2. The highest BCUT2D eigenvalue weighted by Crippen LogP contribution is 2.36. The number of hydrogen-bond acceptors (Lipinski definition) is 3. The van der Waals surface area contributed by atoms with E-state index in [4.69, 9.17) is 4.74 Å². The number of benzene rings is 2. The van der Waals surface area contributed by atoms with E-state index < -0.39 is 0 Å². The van der Waals surface area contributed by atoms with Gasteiger partial charge in [-0.1, -0.05) is 12.1 Å². The Hall–Kier alpha value is -2.56. The average Bonchev–Trinajstić information content (AvgIpc) is 2.58. The van der Waals surface area contributed by atoms with Crippen molar-refractivity contribution in [1.82, 2.24) is 0 Å². The van der Waals surface area contributed by atoms with Crippen LogP contribution in [0.25, 0.3) is 0 Å². The van der Waals surface area contributed by atoms with Crippen LogP contribution < -0.4 is 15.0 Å². The molecule has 2 aromatic rings. The van der Waals surface area contributed by atoms with Gasteiger partial charge in [0.1, 0.15) is 11.6 Å². The lowest BCUT2D eigenvalue weighted by Crippen LogP contribution is -2.35. The SMILES string of the molecule is CNc1ccc(F)c2c1CCC(=O)N2Cc1ccc(OC)cc1. The number of nitrogens with zero attached hydrogens (tertiary/aromatic N) is 1. The van der Waals surface area contributed by atoms with Crippen LogP contribution in [0.5, 0.6) is 5.75 Å². The number of amides is 1. The number of rotatable bonds is 4. The molecule has 2 aromatic carbocycles.